The van der Waals surface area contributed by atoms with Gasteiger partial charge in [-0.3, -0.25) is 0 Å². The molecule has 34 heavy (non-hydrogen) atoms. The second-order valence-electron chi connectivity index (χ2n) is 6.02. The molecule has 0 unspecified atom stereocenters. The maximum Gasteiger partial charge on any atom is 0.434 e. The molecule has 0 radical (unpaired) electrons. The lowest BCUT2D eigenvalue weighted by Gasteiger charge is -2.24. The molecule has 1 N–H and O–H groups in total. The Morgan fingerprint density at radius 2 is 0.971 bits per heavy atom. The summed E-state index contributed by atoms with van der Waals surface area (Å²) >= 11 is 3.05. The van der Waals surface area contributed by atoms with Gasteiger partial charge in [0, 0.05) is 10.2 Å². The molecular weight excluding hydrogens is 576 g/mol. The molecule has 0 aliphatic carbocycles. The normalized spacial score (nSPS) is 13.4. The van der Waals surface area contributed by atoms with Crippen molar-refractivity contribution in [2.24, 2.45) is 0 Å². The predicted octanol–water partition coefficient (Wildman–Crippen LogP) is 6.12. The summed E-state index contributed by atoms with van der Waals surface area (Å²) in [6.07, 6.45) is -33.6. The minimum atomic E-state index is -6.11. The summed E-state index contributed by atoms with van der Waals surface area (Å²) in [4.78, 5) is 8.69. The van der Waals surface area contributed by atoms with Crippen LogP contribution in [0.25, 0.3) is 0 Å². The van der Waals surface area contributed by atoms with Crippen LogP contribution in [-0.4, -0.2) is 51.9 Å². The molecule has 0 bridgehead atoms. The van der Waals surface area contributed by atoms with Crippen LogP contribution in [0.1, 0.15) is 0 Å². The molecule has 0 aliphatic rings. The van der Waals surface area contributed by atoms with Crippen molar-refractivity contribution in [2.75, 3.05) is 5.32 Å². The van der Waals surface area contributed by atoms with Crippen molar-refractivity contribution in [3.05, 3.63) is 28.7 Å². The summed E-state index contributed by atoms with van der Waals surface area (Å²) in [6.45, 7) is 0. The van der Waals surface area contributed by atoms with E-state index in [9.17, 15) is 52.7 Å². The number of hydrogen-bond acceptors (Lipinski definition) is 6. The van der Waals surface area contributed by atoms with Gasteiger partial charge in [-0.25, -0.2) is 0 Å². The predicted molar refractivity (Wildman–Crippen MR) is 90.3 cm³/mol. The molecule has 1 aromatic carbocycles. The number of nitrogens with one attached hydrogen (secondary N) is 1. The number of hydrogen-bond donors (Lipinski definition) is 1. The third-order valence-corrected chi connectivity index (χ3v) is 3.86. The number of ether oxygens (including phenoxy) is 2. The molecule has 0 amide bonds. The summed E-state index contributed by atoms with van der Waals surface area (Å²) in [5.41, 5.74) is -0.0299. The average molecular weight is 583 g/mol. The van der Waals surface area contributed by atoms with Crippen LogP contribution >= 0.6 is 15.9 Å². The van der Waals surface area contributed by atoms with E-state index in [-0.39, 0.29) is 5.69 Å². The Hall–Kier alpha value is -2.73. The number of alkyl halides is 12. The maximum atomic E-state index is 12.7. The van der Waals surface area contributed by atoms with Crippen LogP contribution in [0.5, 0.6) is 12.0 Å². The van der Waals surface area contributed by atoms with Crippen molar-refractivity contribution in [3.63, 3.8) is 0 Å². The highest BCUT2D eigenvalue weighted by molar-refractivity contribution is 9.10. The van der Waals surface area contributed by atoms with E-state index in [0.717, 1.165) is 0 Å². The van der Waals surface area contributed by atoms with Crippen molar-refractivity contribution in [1.82, 2.24) is 15.0 Å². The van der Waals surface area contributed by atoms with Crippen LogP contribution in [0.4, 0.5) is 64.3 Å². The van der Waals surface area contributed by atoms with E-state index in [0.29, 0.717) is 4.47 Å². The van der Waals surface area contributed by atoms with Crippen LogP contribution in [0.2, 0.25) is 0 Å². The minimum Gasteiger partial charge on any atom is -0.440 e. The zero-order chi connectivity index (χ0) is 26.1. The van der Waals surface area contributed by atoms with Crippen LogP contribution < -0.4 is 14.8 Å². The standard InChI is InChI=1S/C15H7BrF12N4O2/c16-5-1-3-6(4-2-5)29-9-30-10(33-7(12(17,18)19)13(20,21)22)32-11(31-9)34-8(14(23,24)25)15(26,27)28/h1-4,7-8H,(H,29,30,31,32). The van der Waals surface area contributed by atoms with Gasteiger partial charge in [0.1, 0.15) is 0 Å². The van der Waals surface area contributed by atoms with Crippen molar-refractivity contribution in [3.8, 4) is 12.0 Å². The summed E-state index contributed by atoms with van der Waals surface area (Å²) < 4.78 is 161. The lowest BCUT2D eigenvalue weighted by atomic mass is 10.3. The zero-order valence-corrected chi connectivity index (χ0v) is 17.1. The smallest absolute Gasteiger partial charge is 0.434 e. The Labute approximate surface area is 188 Å². The first-order valence-electron chi connectivity index (χ1n) is 8.15. The SMILES string of the molecule is FC(F)(F)C(Oc1nc(Nc2ccc(Br)cc2)nc(OC(C(F)(F)F)C(F)(F)F)n1)C(F)(F)F. The molecule has 0 saturated heterocycles. The first-order chi connectivity index (χ1) is 15.3. The quantitative estimate of drug-likeness (QED) is 0.414. The van der Waals surface area contributed by atoms with Crippen LogP contribution in [-0.2, 0) is 0 Å². The van der Waals surface area contributed by atoms with Gasteiger partial charge in [-0.1, -0.05) is 15.9 Å². The fraction of sp³-hybridized carbons (Fsp3) is 0.400. The highest BCUT2D eigenvalue weighted by atomic mass is 79.9. The molecule has 0 spiro atoms. The van der Waals surface area contributed by atoms with Gasteiger partial charge in [0.25, 0.3) is 12.2 Å². The molecule has 2 aromatic rings. The van der Waals surface area contributed by atoms with Gasteiger partial charge < -0.3 is 14.8 Å². The number of nitrogens with zero attached hydrogens (tertiary/aromatic N) is 3. The number of rotatable bonds is 6. The Morgan fingerprint density at radius 3 is 1.29 bits per heavy atom. The van der Waals surface area contributed by atoms with Crippen molar-refractivity contribution < 1.29 is 62.2 Å². The molecular formula is C15H7BrF12N4O2. The van der Waals surface area contributed by atoms with E-state index >= 15 is 0 Å². The summed E-state index contributed by atoms with van der Waals surface area (Å²) in [6, 6.07) is 1.35. The van der Waals surface area contributed by atoms with Crippen molar-refractivity contribution in [2.45, 2.75) is 36.9 Å². The largest absolute Gasteiger partial charge is 0.440 e. The molecule has 6 nitrogen and oxygen atoms in total. The van der Waals surface area contributed by atoms with Gasteiger partial charge in [-0.2, -0.15) is 62.7 Å². The summed E-state index contributed by atoms with van der Waals surface area (Å²) in [7, 11) is 0. The van der Waals surface area contributed by atoms with Gasteiger partial charge in [0.15, 0.2) is 0 Å². The first-order valence-corrected chi connectivity index (χ1v) is 8.95. The molecule has 19 heteroatoms. The molecule has 0 saturated carbocycles. The van der Waals surface area contributed by atoms with E-state index in [4.69, 9.17) is 0 Å². The molecule has 2 rings (SSSR count). The summed E-state index contributed by atoms with van der Waals surface area (Å²) in [5, 5.41) is 2.15. The molecule has 0 atom stereocenters. The van der Waals surface area contributed by atoms with Gasteiger partial charge in [0.2, 0.25) is 5.95 Å². The number of anilines is 2. The van der Waals surface area contributed by atoms with E-state index in [2.05, 4.69) is 45.7 Å². The molecule has 0 fully saturated rings. The Bertz CT molecular complexity index is 896. The highest BCUT2D eigenvalue weighted by Crippen LogP contribution is 2.38. The lowest BCUT2D eigenvalue weighted by Crippen LogP contribution is -2.47. The maximum absolute atomic E-state index is 12.7. The topological polar surface area (TPSA) is 69.2 Å². The van der Waals surface area contributed by atoms with Crippen molar-refractivity contribution >= 4 is 27.6 Å². The molecule has 1 heterocycles. The zero-order valence-electron chi connectivity index (χ0n) is 15.5. The van der Waals surface area contributed by atoms with E-state index in [1.54, 1.807) is 0 Å². The average Bonchev–Trinajstić information content (AvgIpc) is 2.62. The minimum absolute atomic E-state index is 0.0299. The first kappa shape index (κ1) is 27.5. The number of aromatic nitrogens is 3. The third-order valence-electron chi connectivity index (χ3n) is 3.33. The molecule has 1 aromatic heterocycles. The fourth-order valence-electron chi connectivity index (χ4n) is 2.01. The Balaban J connectivity index is 2.53. The number of halogens is 13. The lowest BCUT2D eigenvalue weighted by molar-refractivity contribution is -0.302. The van der Waals surface area contributed by atoms with Gasteiger partial charge in [0.05, 0.1) is 0 Å². The Morgan fingerprint density at radius 1 is 0.618 bits per heavy atom. The van der Waals surface area contributed by atoms with Gasteiger partial charge in [-0.05, 0) is 24.3 Å². The summed E-state index contributed by atoms with van der Waals surface area (Å²) in [5.74, 6) is -1.09. The van der Waals surface area contributed by atoms with Gasteiger partial charge in [-0.15, -0.1) is 4.98 Å². The van der Waals surface area contributed by atoms with Crippen LogP contribution in [0, 0.1) is 0 Å². The van der Waals surface area contributed by atoms with E-state index in [1.165, 1.54) is 24.3 Å². The second-order valence-corrected chi connectivity index (χ2v) is 6.93. The van der Waals surface area contributed by atoms with Crippen molar-refractivity contribution in [1.29, 1.82) is 0 Å². The van der Waals surface area contributed by atoms with E-state index < -0.39 is 54.9 Å². The van der Waals surface area contributed by atoms with Gasteiger partial charge >= 0.3 is 36.7 Å². The molecule has 190 valence electrons. The van der Waals surface area contributed by atoms with Crippen LogP contribution in [0.3, 0.4) is 0 Å². The highest BCUT2D eigenvalue weighted by Gasteiger charge is 2.61. The number of benzene rings is 1. The molecule has 0 aliphatic heterocycles. The fourth-order valence-corrected chi connectivity index (χ4v) is 2.28. The third kappa shape index (κ3) is 7.66. The Kier molecular flexibility index (Phi) is 7.68. The second kappa shape index (κ2) is 9.49. The van der Waals surface area contributed by atoms with E-state index in [1.807, 2.05) is 0 Å². The monoisotopic (exact) mass is 582 g/mol. The van der Waals surface area contributed by atoms with Crippen LogP contribution in [0.15, 0.2) is 28.7 Å².